The van der Waals surface area contributed by atoms with Gasteiger partial charge in [0.15, 0.2) is 0 Å². The second kappa shape index (κ2) is 8.37. The average Bonchev–Trinajstić information content (AvgIpc) is 3.06. The summed E-state index contributed by atoms with van der Waals surface area (Å²) in [4.78, 5) is 0. The van der Waals surface area contributed by atoms with Crippen molar-refractivity contribution in [1.29, 1.82) is 0 Å². The van der Waals surface area contributed by atoms with E-state index in [1.165, 1.54) is 36.8 Å². The van der Waals surface area contributed by atoms with Crippen LogP contribution in [0.5, 0.6) is 0 Å². The fourth-order valence-corrected chi connectivity index (χ4v) is 4.68. The molecule has 4 aliphatic rings. The first kappa shape index (κ1) is 20.7. The van der Waals surface area contributed by atoms with Gasteiger partial charge in [-0.3, -0.25) is 0 Å². The molecule has 1 aromatic carbocycles. The Morgan fingerprint density at radius 3 is 2.60 bits per heavy atom. The largest absolute Gasteiger partial charge is 2.00 e. The van der Waals surface area contributed by atoms with Crippen LogP contribution in [0.2, 0.25) is 0 Å². The maximum atomic E-state index is 2.47. The molecule has 0 nitrogen and oxygen atoms in total. The van der Waals surface area contributed by atoms with Crippen LogP contribution in [0.25, 0.3) is 6.08 Å². The average molecular weight is 534 g/mol. The van der Waals surface area contributed by atoms with E-state index in [0.29, 0.717) is 11.8 Å². The van der Waals surface area contributed by atoms with Crippen molar-refractivity contribution in [1.82, 2.24) is 0 Å². The van der Waals surface area contributed by atoms with Crippen LogP contribution in [0, 0.1) is 5.92 Å². The minimum atomic E-state index is 0. The zero-order valence-corrected chi connectivity index (χ0v) is 19.1. The molecule has 0 aliphatic heterocycles. The van der Waals surface area contributed by atoms with Crippen molar-refractivity contribution in [3.63, 3.8) is 0 Å². The van der Waals surface area contributed by atoms with Gasteiger partial charge in [0.25, 0.3) is 0 Å². The summed E-state index contributed by atoms with van der Waals surface area (Å²) in [6.07, 6.45) is 19.0. The number of hydrogen-bond donors (Lipinski definition) is 0. The maximum absolute atomic E-state index is 2.47. The van der Waals surface area contributed by atoms with E-state index in [4.69, 9.17) is 0 Å². The van der Waals surface area contributed by atoms with Crippen LogP contribution in [-0.2, 0) is 25.8 Å². The molecular weight excluding hydrogens is 514 g/mol. The number of fused-ring (bicyclic) bond motifs is 5. The van der Waals surface area contributed by atoms with Gasteiger partial charge >= 0.3 is 25.8 Å². The molecule has 0 radical (unpaired) electrons. The summed E-state index contributed by atoms with van der Waals surface area (Å²) in [5, 5.41) is 0. The third kappa shape index (κ3) is 3.48. The van der Waals surface area contributed by atoms with E-state index in [9.17, 15) is 0 Å². The maximum Gasteiger partial charge on any atom is 2.00 e. The fourth-order valence-electron chi connectivity index (χ4n) is 4.68. The molecule has 0 saturated carbocycles. The number of halogens is 2. The molecule has 1 aromatic rings. The van der Waals surface area contributed by atoms with E-state index in [0.717, 1.165) is 0 Å². The van der Waals surface area contributed by atoms with Gasteiger partial charge in [0.05, 0.1) is 0 Å². The van der Waals surface area contributed by atoms with Crippen LogP contribution in [0.15, 0.2) is 76.9 Å². The standard InChI is InChI=1S/C22H20.2ClH.Hf/c1-3-7-19-15(5-1)13-17-9-12-22-18(10-11-21(17)19)14-16-6-2-4-8-20(16)22;;;/h1-8,13-14,19,22H,9-12H2;2*1H;/q;;;+2/p-2. The number of benzene rings is 1. The van der Waals surface area contributed by atoms with Gasteiger partial charge in [0.1, 0.15) is 0 Å². The van der Waals surface area contributed by atoms with E-state index in [1.54, 1.807) is 22.3 Å². The Morgan fingerprint density at radius 1 is 0.880 bits per heavy atom. The Bertz CT molecular complexity index is 811. The molecule has 5 rings (SSSR count). The summed E-state index contributed by atoms with van der Waals surface area (Å²) in [7, 11) is 0. The molecule has 2 unspecified atom stereocenters. The van der Waals surface area contributed by atoms with Crippen LogP contribution in [0.3, 0.4) is 0 Å². The summed E-state index contributed by atoms with van der Waals surface area (Å²) in [5.41, 5.74) is 9.50. The quantitative estimate of drug-likeness (QED) is 0.403. The van der Waals surface area contributed by atoms with Crippen molar-refractivity contribution in [3.05, 3.63) is 88.1 Å². The zero-order valence-electron chi connectivity index (χ0n) is 14.0. The Kier molecular flexibility index (Phi) is 6.93. The van der Waals surface area contributed by atoms with Crippen molar-refractivity contribution in [2.75, 3.05) is 0 Å². The first-order valence-corrected chi connectivity index (χ1v) is 8.48. The number of hydrogen-bond acceptors (Lipinski definition) is 0. The second-order valence-corrected chi connectivity index (χ2v) is 6.86. The van der Waals surface area contributed by atoms with Crippen LogP contribution < -0.4 is 24.8 Å². The van der Waals surface area contributed by atoms with Gasteiger partial charge in [-0.25, -0.2) is 0 Å². The van der Waals surface area contributed by atoms with Crippen molar-refractivity contribution in [3.8, 4) is 0 Å². The predicted octanol–water partition coefficient (Wildman–Crippen LogP) is -0.274. The predicted molar refractivity (Wildman–Crippen MR) is 92.5 cm³/mol. The molecule has 25 heavy (non-hydrogen) atoms. The van der Waals surface area contributed by atoms with E-state index in [-0.39, 0.29) is 50.7 Å². The summed E-state index contributed by atoms with van der Waals surface area (Å²) in [6.45, 7) is 0. The van der Waals surface area contributed by atoms with Crippen molar-refractivity contribution in [2.45, 2.75) is 31.6 Å². The van der Waals surface area contributed by atoms with Gasteiger partial charge in [-0.1, -0.05) is 71.9 Å². The summed E-state index contributed by atoms with van der Waals surface area (Å²) < 4.78 is 0. The van der Waals surface area contributed by atoms with E-state index in [2.05, 4.69) is 60.7 Å². The molecule has 0 heterocycles. The third-order valence-corrected chi connectivity index (χ3v) is 5.74. The van der Waals surface area contributed by atoms with Gasteiger partial charge in [0.2, 0.25) is 0 Å². The third-order valence-electron chi connectivity index (χ3n) is 5.74. The molecule has 126 valence electrons. The van der Waals surface area contributed by atoms with Crippen molar-refractivity contribution >= 4 is 6.08 Å². The van der Waals surface area contributed by atoms with Crippen LogP contribution >= 0.6 is 0 Å². The Morgan fingerprint density at radius 2 is 1.72 bits per heavy atom. The first-order chi connectivity index (χ1) is 10.9. The van der Waals surface area contributed by atoms with Gasteiger partial charge in [-0.15, -0.1) is 0 Å². The van der Waals surface area contributed by atoms with Gasteiger partial charge in [-0.2, -0.15) is 0 Å². The molecule has 0 saturated heterocycles. The Labute approximate surface area is 181 Å². The van der Waals surface area contributed by atoms with Crippen molar-refractivity contribution < 1.29 is 50.7 Å². The van der Waals surface area contributed by atoms with Crippen LogP contribution in [-0.4, -0.2) is 0 Å². The molecule has 0 fully saturated rings. The van der Waals surface area contributed by atoms with E-state index < -0.39 is 0 Å². The molecule has 3 heteroatoms. The molecule has 0 N–H and O–H groups in total. The minimum Gasteiger partial charge on any atom is -1.00 e. The molecule has 2 atom stereocenters. The summed E-state index contributed by atoms with van der Waals surface area (Å²) in [5.74, 6) is 1.23. The molecule has 0 bridgehead atoms. The summed E-state index contributed by atoms with van der Waals surface area (Å²) in [6, 6.07) is 8.97. The monoisotopic (exact) mass is 534 g/mol. The van der Waals surface area contributed by atoms with Crippen LogP contribution in [0.4, 0.5) is 0 Å². The first-order valence-electron chi connectivity index (χ1n) is 8.48. The summed E-state index contributed by atoms with van der Waals surface area (Å²) >= 11 is 0. The molecule has 0 spiro atoms. The van der Waals surface area contributed by atoms with Gasteiger partial charge < -0.3 is 24.8 Å². The van der Waals surface area contributed by atoms with Crippen LogP contribution in [0.1, 0.15) is 42.7 Å². The van der Waals surface area contributed by atoms with Gasteiger partial charge in [0, 0.05) is 11.8 Å². The number of rotatable bonds is 0. The Hall–Kier alpha value is -0.630. The zero-order chi connectivity index (χ0) is 14.5. The van der Waals surface area contributed by atoms with Gasteiger partial charge in [-0.05, 0) is 48.0 Å². The molecule has 4 aliphatic carbocycles. The second-order valence-electron chi connectivity index (χ2n) is 6.86. The fraction of sp³-hybridized carbons (Fsp3) is 0.273. The molecular formula is C22H20Cl2Hf. The smallest absolute Gasteiger partial charge is 1.00 e. The normalized spacial score (nSPS) is 24.8. The Balaban J connectivity index is 0.000000751. The number of allylic oxidation sites excluding steroid dienone is 9. The van der Waals surface area contributed by atoms with E-state index in [1.807, 2.05) is 0 Å². The molecule has 0 aromatic heterocycles. The SMILES string of the molecule is C1=CC2=CC3=C(CCC4=Cc5ccccc5C4CC3)C2C=C1.[Cl-].[Cl-].[Hf+2]. The van der Waals surface area contributed by atoms with E-state index >= 15 is 0 Å². The molecule has 0 amide bonds. The minimum absolute atomic E-state index is 0. The van der Waals surface area contributed by atoms with Crippen molar-refractivity contribution in [2.24, 2.45) is 5.92 Å². The topological polar surface area (TPSA) is 0 Å².